The van der Waals surface area contributed by atoms with Crippen LogP contribution in [0.2, 0.25) is 5.02 Å². The molecule has 1 unspecified atom stereocenters. The van der Waals surface area contributed by atoms with E-state index in [9.17, 15) is 0 Å². The van der Waals surface area contributed by atoms with Crippen molar-refractivity contribution in [1.29, 1.82) is 5.26 Å². The minimum atomic E-state index is -0.0232. The number of benzene rings is 2. The van der Waals surface area contributed by atoms with E-state index in [4.69, 9.17) is 16.9 Å². The van der Waals surface area contributed by atoms with E-state index in [0.717, 1.165) is 21.8 Å². The van der Waals surface area contributed by atoms with Gasteiger partial charge in [-0.1, -0.05) is 48.0 Å². The van der Waals surface area contributed by atoms with E-state index in [2.05, 4.69) is 11.4 Å². The maximum absolute atomic E-state index is 8.96. The average Bonchev–Trinajstić information content (AvgIpc) is 2.43. The van der Waals surface area contributed by atoms with Crippen molar-refractivity contribution in [3.63, 3.8) is 0 Å². The van der Waals surface area contributed by atoms with Crippen molar-refractivity contribution in [2.75, 3.05) is 5.32 Å². The molecule has 0 aliphatic carbocycles. The molecule has 0 aromatic heterocycles. The van der Waals surface area contributed by atoms with Crippen LogP contribution in [0.3, 0.4) is 0 Å². The van der Waals surface area contributed by atoms with Crippen molar-refractivity contribution in [1.82, 2.24) is 0 Å². The summed E-state index contributed by atoms with van der Waals surface area (Å²) < 4.78 is 0. The molecule has 3 heteroatoms. The SMILES string of the molecule is Cc1ccc(NC(CC#N)c2ccccc2)cc1Cl. The van der Waals surface area contributed by atoms with E-state index in [1.54, 1.807) is 0 Å². The van der Waals surface area contributed by atoms with E-state index >= 15 is 0 Å². The molecule has 0 fully saturated rings. The fraction of sp³-hybridized carbons (Fsp3) is 0.188. The van der Waals surface area contributed by atoms with Gasteiger partial charge in [-0.2, -0.15) is 5.26 Å². The summed E-state index contributed by atoms with van der Waals surface area (Å²) >= 11 is 6.12. The molecule has 0 amide bonds. The second-order valence-electron chi connectivity index (χ2n) is 4.43. The largest absolute Gasteiger partial charge is 0.377 e. The minimum absolute atomic E-state index is 0.0232. The molecule has 0 heterocycles. The Hall–Kier alpha value is -1.98. The molecule has 0 aliphatic rings. The zero-order valence-electron chi connectivity index (χ0n) is 10.7. The number of hydrogen-bond acceptors (Lipinski definition) is 2. The highest BCUT2D eigenvalue weighted by Gasteiger charge is 2.11. The molecule has 0 bridgehead atoms. The zero-order valence-corrected chi connectivity index (χ0v) is 11.5. The van der Waals surface area contributed by atoms with E-state index in [-0.39, 0.29) is 6.04 Å². The van der Waals surface area contributed by atoms with Gasteiger partial charge in [-0.15, -0.1) is 0 Å². The van der Waals surface area contributed by atoms with E-state index < -0.39 is 0 Å². The van der Waals surface area contributed by atoms with Gasteiger partial charge in [-0.05, 0) is 30.2 Å². The van der Waals surface area contributed by atoms with Crippen molar-refractivity contribution >= 4 is 17.3 Å². The summed E-state index contributed by atoms with van der Waals surface area (Å²) in [6, 6.07) is 18.0. The van der Waals surface area contributed by atoms with Crippen molar-refractivity contribution < 1.29 is 0 Å². The number of nitriles is 1. The lowest BCUT2D eigenvalue weighted by atomic mass is 10.0. The lowest BCUT2D eigenvalue weighted by molar-refractivity contribution is 0.806. The molecule has 0 spiro atoms. The van der Waals surface area contributed by atoms with Crippen molar-refractivity contribution in [2.45, 2.75) is 19.4 Å². The predicted octanol–water partition coefficient (Wildman–Crippen LogP) is 4.72. The lowest BCUT2D eigenvalue weighted by Crippen LogP contribution is -2.10. The maximum atomic E-state index is 8.96. The minimum Gasteiger partial charge on any atom is -0.377 e. The molecular weight excluding hydrogens is 256 g/mol. The van der Waals surface area contributed by atoms with Gasteiger partial charge in [0, 0.05) is 10.7 Å². The fourth-order valence-electron chi connectivity index (χ4n) is 1.91. The third-order valence-corrected chi connectivity index (χ3v) is 3.42. The highest BCUT2D eigenvalue weighted by Crippen LogP contribution is 2.25. The summed E-state index contributed by atoms with van der Waals surface area (Å²) in [7, 11) is 0. The molecule has 2 rings (SSSR count). The molecular formula is C16H15ClN2. The molecule has 1 N–H and O–H groups in total. The van der Waals surface area contributed by atoms with Crippen molar-refractivity contribution in [3.8, 4) is 6.07 Å². The molecule has 2 nitrogen and oxygen atoms in total. The van der Waals surface area contributed by atoms with Crippen LogP contribution in [0.15, 0.2) is 48.5 Å². The molecule has 0 aliphatic heterocycles. The Kier molecular flexibility index (Phi) is 4.43. The van der Waals surface area contributed by atoms with E-state index in [1.165, 1.54) is 0 Å². The third kappa shape index (κ3) is 3.49. The Morgan fingerprint density at radius 1 is 1.21 bits per heavy atom. The first-order chi connectivity index (χ1) is 9.20. The fourth-order valence-corrected chi connectivity index (χ4v) is 2.09. The number of nitrogens with zero attached hydrogens (tertiary/aromatic N) is 1. The molecule has 0 saturated heterocycles. The molecule has 0 radical (unpaired) electrons. The monoisotopic (exact) mass is 270 g/mol. The number of rotatable bonds is 4. The topological polar surface area (TPSA) is 35.8 Å². The van der Waals surface area contributed by atoms with Gasteiger partial charge in [-0.3, -0.25) is 0 Å². The molecule has 19 heavy (non-hydrogen) atoms. The quantitative estimate of drug-likeness (QED) is 0.873. The van der Waals surface area contributed by atoms with E-state index in [1.807, 2.05) is 55.5 Å². The van der Waals surface area contributed by atoms with Gasteiger partial charge >= 0.3 is 0 Å². The molecule has 96 valence electrons. The average molecular weight is 271 g/mol. The first-order valence-corrected chi connectivity index (χ1v) is 6.53. The summed E-state index contributed by atoms with van der Waals surface area (Å²) in [6.07, 6.45) is 0.412. The first-order valence-electron chi connectivity index (χ1n) is 6.15. The van der Waals surface area contributed by atoms with Gasteiger partial charge in [-0.25, -0.2) is 0 Å². The lowest BCUT2D eigenvalue weighted by Gasteiger charge is -2.18. The van der Waals surface area contributed by atoms with Crippen LogP contribution in [0.25, 0.3) is 0 Å². The standard InChI is InChI=1S/C16H15ClN2/c1-12-7-8-14(11-15(12)17)19-16(9-10-18)13-5-3-2-4-6-13/h2-8,11,16,19H,9H2,1H3. The van der Waals surface area contributed by atoms with Crippen molar-refractivity contribution in [2.24, 2.45) is 0 Å². The van der Waals surface area contributed by atoms with Gasteiger partial charge in [0.2, 0.25) is 0 Å². The summed E-state index contributed by atoms with van der Waals surface area (Å²) in [5.41, 5.74) is 3.07. The van der Waals surface area contributed by atoms with Gasteiger partial charge in [0.1, 0.15) is 0 Å². The van der Waals surface area contributed by atoms with Crippen molar-refractivity contribution in [3.05, 3.63) is 64.7 Å². The Balaban J connectivity index is 2.22. The number of hydrogen-bond donors (Lipinski definition) is 1. The first kappa shape index (κ1) is 13.5. The Morgan fingerprint density at radius 3 is 2.58 bits per heavy atom. The van der Waals surface area contributed by atoms with Crippen LogP contribution < -0.4 is 5.32 Å². The summed E-state index contributed by atoms with van der Waals surface area (Å²) in [5.74, 6) is 0. The molecule has 2 aromatic rings. The normalized spacial score (nSPS) is 11.6. The van der Waals surface area contributed by atoms with E-state index in [0.29, 0.717) is 6.42 Å². The van der Waals surface area contributed by atoms with Crippen LogP contribution in [0, 0.1) is 18.3 Å². The second-order valence-corrected chi connectivity index (χ2v) is 4.84. The number of aryl methyl sites for hydroxylation is 1. The summed E-state index contributed by atoms with van der Waals surface area (Å²) in [6.45, 7) is 1.97. The van der Waals surface area contributed by atoms with Crippen LogP contribution in [0.1, 0.15) is 23.6 Å². The summed E-state index contributed by atoms with van der Waals surface area (Å²) in [4.78, 5) is 0. The highest BCUT2D eigenvalue weighted by atomic mass is 35.5. The van der Waals surface area contributed by atoms with Crippen LogP contribution in [-0.4, -0.2) is 0 Å². The zero-order chi connectivity index (χ0) is 13.7. The number of nitrogens with one attached hydrogen (secondary N) is 1. The Morgan fingerprint density at radius 2 is 1.95 bits per heavy atom. The molecule has 2 aromatic carbocycles. The molecule has 1 atom stereocenters. The highest BCUT2D eigenvalue weighted by molar-refractivity contribution is 6.31. The second kappa shape index (κ2) is 6.26. The van der Waals surface area contributed by atoms with Crippen LogP contribution in [0.4, 0.5) is 5.69 Å². The third-order valence-electron chi connectivity index (χ3n) is 3.01. The Bertz CT molecular complexity index is 587. The smallest absolute Gasteiger partial charge is 0.0647 e. The maximum Gasteiger partial charge on any atom is 0.0647 e. The van der Waals surface area contributed by atoms with Crippen LogP contribution >= 0.6 is 11.6 Å². The van der Waals surface area contributed by atoms with Crippen LogP contribution in [0.5, 0.6) is 0 Å². The number of anilines is 1. The van der Waals surface area contributed by atoms with Gasteiger partial charge in [0.05, 0.1) is 18.5 Å². The number of halogens is 1. The van der Waals surface area contributed by atoms with Gasteiger partial charge in [0.15, 0.2) is 0 Å². The predicted molar refractivity (Wildman–Crippen MR) is 79.2 cm³/mol. The molecule has 0 saturated carbocycles. The van der Waals surface area contributed by atoms with Gasteiger partial charge in [0.25, 0.3) is 0 Å². The van der Waals surface area contributed by atoms with Gasteiger partial charge < -0.3 is 5.32 Å². The summed E-state index contributed by atoms with van der Waals surface area (Å²) in [5, 5.41) is 13.0. The van der Waals surface area contributed by atoms with Crippen LogP contribution in [-0.2, 0) is 0 Å². The Labute approximate surface area is 118 Å².